The number of nitrogens with two attached hydrogens (primary N) is 1. The first-order valence-electron chi connectivity index (χ1n) is 8.52. The van der Waals surface area contributed by atoms with Crippen LogP contribution >= 0.6 is 0 Å². The van der Waals surface area contributed by atoms with Gasteiger partial charge in [0.2, 0.25) is 0 Å². The molecule has 0 saturated carbocycles. The van der Waals surface area contributed by atoms with Crippen molar-refractivity contribution in [2.75, 3.05) is 13.1 Å². The van der Waals surface area contributed by atoms with Crippen molar-refractivity contribution in [1.29, 1.82) is 0 Å². The van der Waals surface area contributed by atoms with Gasteiger partial charge in [0.05, 0.1) is 12.2 Å². The van der Waals surface area contributed by atoms with Crippen LogP contribution < -0.4 is 11.1 Å². The van der Waals surface area contributed by atoms with Crippen LogP contribution in [0.4, 0.5) is 0 Å². The van der Waals surface area contributed by atoms with Gasteiger partial charge in [-0.2, -0.15) is 0 Å². The Morgan fingerprint density at radius 2 is 1.88 bits per heavy atom. The predicted octanol–water partition coefficient (Wildman–Crippen LogP) is 2.15. The lowest BCUT2D eigenvalue weighted by molar-refractivity contribution is 0.199. The van der Waals surface area contributed by atoms with E-state index in [9.17, 15) is 0 Å². The first-order chi connectivity index (χ1) is 11.8. The normalized spacial score (nSPS) is 16.9. The summed E-state index contributed by atoms with van der Waals surface area (Å²) in [6.45, 7) is 3.71. The van der Waals surface area contributed by atoms with E-state index >= 15 is 0 Å². The molecule has 1 aromatic carbocycles. The van der Waals surface area contributed by atoms with E-state index < -0.39 is 0 Å². The van der Waals surface area contributed by atoms with Gasteiger partial charge in [-0.05, 0) is 30.5 Å². The molecular formula is C19H25N5. The van der Waals surface area contributed by atoms with Crippen LogP contribution in [0.15, 0.2) is 59.7 Å². The van der Waals surface area contributed by atoms with E-state index in [4.69, 9.17) is 5.73 Å². The fraction of sp³-hybridized carbons (Fsp3) is 0.368. The zero-order valence-corrected chi connectivity index (χ0v) is 13.9. The average Bonchev–Trinajstić information content (AvgIpc) is 2.63. The molecule has 0 atom stereocenters. The monoisotopic (exact) mass is 323 g/mol. The molecular weight excluding hydrogens is 298 g/mol. The maximum atomic E-state index is 6.01. The van der Waals surface area contributed by atoms with Crippen LogP contribution in [0.3, 0.4) is 0 Å². The summed E-state index contributed by atoms with van der Waals surface area (Å²) in [5, 5.41) is 3.35. The first kappa shape index (κ1) is 16.5. The molecule has 1 fully saturated rings. The second-order valence-corrected chi connectivity index (χ2v) is 6.20. The Hall–Kier alpha value is -2.40. The molecule has 0 bridgehead atoms. The van der Waals surface area contributed by atoms with Gasteiger partial charge in [-0.1, -0.05) is 36.4 Å². The van der Waals surface area contributed by atoms with Gasteiger partial charge in [-0.25, -0.2) is 4.99 Å². The minimum Gasteiger partial charge on any atom is -0.370 e. The third-order valence-electron chi connectivity index (χ3n) is 4.33. The zero-order valence-electron chi connectivity index (χ0n) is 13.9. The summed E-state index contributed by atoms with van der Waals surface area (Å²) in [6, 6.07) is 16.9. The Kier molecular flexibility index (Phi) is 5.80. The van der Waals surface area contributed by atoms with E-state index in [1.165, 1.54) is 5.56 Å². The van der Waals surface area contributed by atoms with Crippen LogP contribution in [-0.4, -0.2) is 35.0 Å². The molecule has 3 rings (SSSR count). The molecule has 0 radical (unpaired) electrons. The number of guanidine groups is 1. The van der Waals surface area contributed by atoms with E-state index in [0.29, 0.717) is 18.5 Å². The SMILES string of the molecule is NC(=NCc1ccccn1)NC1CCN(Cc2ccccc2)CC1. The second-order valence-electron chi connectivity index (χ2n) is 6.20. The van der Waals surface area contributed by atoms with E-state index in [1.807, 2.05) is 18.2 Å². The van der Waals surface area contributed by atoms with E-state index in [0.717, 1.165) is 38.2 Å². The lowest BCUT2D eigenvalue weighted by Gasteiger charge is -2.32. The number of aromatic nitrogens is 1. The Morgan fingerprint density at radius 1 is 1.12 bits per heavy atom. The number of hydrogen-bond donors (Lipinski definition) is 2. The average molecular weight is 323 g/mol. The molecule has 1 aromatic heterocycles. The lowest BCUT2D eigenvalue weighted by atomic mass is 10.0. The maximum absolute atomic E-state index is 6.01. The van der Waals surface area contributed by atoms with Crippen molar-refractivity contribution in [3.63, 3.8) is 0 Å². The molecule has 5 nitrogen and oxygen atoms in total. The summed E-state index contributed by atoms with van der Waals surface area (Å²) in [4.78, 5) is 11.1. The van der Waals surface area contributed by atoms with Crippen LogP contribution in [0.2, 0.25) is 0 Å². The van der Waals surface area contributed by atoms with Crippen LogP contribution in [0.25, 0.3) is 0 Å². The van der Waals surface area contributed by atoms with Crippen LogP contribution in [0, 0.1) is 0 Å². The molecule has 3 N–H and O–H groups in total. The number of aliphatic imine (C=N–C) groups is 1. The van der Waals surface area contributed by atoms with E-state index in [-0.39, 0.29) is 0 Å². The Labute approximate surface area is 143 Å². The van der Waals surface area contributed by atoms with Crippen molar-refractivity contribution in [2.45, 2.75) is 32.0 Å². The highest BCUT2D eigenvalue weighted by Crippen LogP contribution is 2.13. The Morgan fingerprint density at radius 3 is 2.58 bits per heavy atom. The number of nitrogens with zero attached hydrogens (tertiary/aromatic N) is 3. The zero-order chi connectivity index (χ0) is 16.6. The number of hydrogen-bond acceptors (Lipinski definition) is 3. The summed E-state index contributed by atoms with van der Waals surface area (Å²) < 4.78 is 0. The molecule has 1 saturated heterocycles. The molecule has 0 aliphatic carbocycles. The third-order valence-corrected chi connectivity index (χ3v) is 4.33. The van der Waals surface area contributed by atoms with Gasteiger partial charge in [-0.15, -0.1) is 0 Å². The predicted molar refractivity (Wildman–Crippen MR) is 97.4 cm³/mol. The molecule has 0 amide bonds. The Balaban J connectivity index is 1.41. The maximum Gasteiger partial charge on any atom is 0.189 e. The topological polar surface area (TPSA) is 66.5 Å². The summed E-state index contributed by atoms with van der Waals surface area (Å²) in [5.74, 6) is 0.516. The molecule has 2 heterocycles. The highest BCUT2D eigenvalue weighted by Gasteiger charge is 2.19. The quantitative estimate of drug-likeness (QED) is 0.653. The van der Waals surface area contributed by atoms with Crippen molar-refractivity contribution in [2.24, 2.45) is 10.7 Å². The highest BCUT2D eigenvalue weighted by molar-refractivity contribution is 5.78. The van der Waals surface area contributed by atoms with E-state index in [1.54, 1.807) is 6.20 Å². The van der Waals surface area contributed by atoms with Gasteiger partial charge in [0, 0.05) is 31.9 Å². The number of nitrogens with one attached hydrogen (secondary N) is 1. The summed E-state index contributed by atoms with van der Waals surface area (Å²) >= 11 is 0. The van der Waals surface area contributed by atoms with Gasteiger partial charge in [-0.3, -0.25) is 9.88 Å². The largest absolute Gasteiger partial charge is 0.370 e. The molecule has 0 unspecified atom stereocenters. The van der Waals surface area contributed by atoms with Gasteiger partial charge in [0.25, 0.3) is 0 Å². The minimum absolute atomic E-state index is 0.407. The number of pyridine rings is 1. The Bertz CT molecular complexity index is 633. The van der Waals surface area contributed by atoms with Gasteiger partial charge < -0.3 is 11.1 Å². The van der Waals surface area contributed by atoms with Crippen molar-refractivity contribution in [3.8, 4) is 0 Å². The standard InChI is InChI=1S/C19H25N5/c20-19(22-14-18-8-4-5-11-21-18)23-17-9-12-24(13-10-17)15-16-6-2-1-3-7-16/h1-8,11,17H,9-10,12-15H2,(H3,20,22,23). The molecule has 1 aliphatic rings. The molecule has 24 heavy (non-hydrogen) atoms. The highest BCUT2D eigenvalue weighted by atomic mass is 15.2. The van der Waals surface area contributed by atoms with Crippen LogP contribution in [0.1, 0.15) is 24.1 Å². The van der Waals surface area contributed by atoms with E-state index in [2.05, 4.69) is 50.5 Å². The van der Waals surface area contributed by atoms with Gasteiger partial charge >= 0.3 is 0 Å². The summed E-state index contributed by atoms with van der Waals surface area (Å²) in [5.41, 5.74) is 8.31. The number of likely N-dealkylation sites (tertiary alicyclic amines) is 1. The molecule has 0 spiro atoms. The van der Waals surface area contributed by atoms with Crippen LogP contribution in [-0.2, 0) is 13.1 Å². The smallest absolute Gasteiger partial charge is 0.189 e. The van der Waals surface area contributed by atoms with Crippen molar-refractivity contribution < 1.29 is 0 Å². The molecule has 1 aliphatic heterocycles. The summed E-state index contributed by atoms with van der Waals surface area (Å²) in [6.07, 6.45) is 3.95. The van der Waals surface area contributed by atoms with Crippen molar-refractivity contribution >= 4 is 5.96 Å². The number of benzene rings is 1. The van der Waals surface area contributed by atoms with Crippen LogP contribution in [0.5, 0.6) is 0 Å². The fourth-order valence-electron chi connectivity index (χ4n) is 2.99. The number of rotatable bonds is 5. The van der Waals surface area contributed by atoms with Crippen molar-refractivity contribution in [3.05, 3.63) is 66.0 Å². The molecule has 5 heteroatoms. The molecule has 2 aromatic rings. The van der Waals surface area contributed by atoms with Crippen molar-refractivity contribution in [1.82, 2.24) is 15.2 Å². The second kappa shape index (κ2) is 8.45. The lowest BCUT2D eigenvalue weighted by Crippen LogP contribution is -2.46. The summed E-state index contributed by atoms with van der Waals surface area (Å²) in [7, 11) is 0. The number of piperidine rings is 1. The molecule has 126 valence electrons. The third kappa shape index (κ3) is 5.06. The van der Waals surface area contributed by atoms with Gasteiger partial charge in [0.15, 0.2) is 5.96 Å². The van der Waals surface area contributed by atoms with Gasteiger partial charge in [0.1, 0.15) is 0 Å². The minimum atomic E-state index is 0.407. The first-order valence-corrected chi connectivity index (χ1v) is 8.52. The fourth-order valence-corrected chi connectivity index (χ4v) is 2.99.